The summed E-state index contributed by atoms with van der Waals surface area (Å²) in [6.45, 7) is 1.01. The van der Waals surface area contributed by atoms with Crippen LogP contribution in [0.15, 0.2) is 42.5 Å². The number of carbonyl (C=O) groups is 2. The highest BCUT2D eigenvalue weighted by atomic mass is 16.2. The maximum atomic E-state index is 12.2. The highest BCUT2D eigenvalue weighted by molar-refractivity contribution is 5.98. The van der Waals surface area contributed by atoms with Gasteiger partial charge in [-0.3, -0.25) is 20.4 Å². The molecule has 132 valence electrons. The zero-order valence-corrected chi connectivity index (χ0v) is 14.0. The van der Waals surface area contributed by atoms with Gasteiger partial charge >= 0.3 is 0 Å². The molecule has 0 aliphatic carbocycles. The second-order valence-corrected chi connectivity index (χ2v) is 6.18. The predicted molar refractivity (Wildman–Crippen MR) is 96.5 cm³/mol. The van der Waals surface area contributed by atoms with E-state index >= 15 is 0 Å². The largest absolute Gasteiger partial charge is 0.362 e. The number of rotatable bonds is 3. The number of benzene rings is 2. The molecule has 0 bridgehead atoms. The average molecular weight is 350 g/mol. The van der Waals surface area contributed by atoms with Crippen molar-refractivity contribution in [3.05, 3.63) is 53.6 Å². The molecule has 1 aliphatic heterocycles. The summed E-state index contributed by atoms with van der Waals surface area (Å²) < 4.78 is 0. The normalized spacial score (nSPS) is 13.3. The molecule has 2 aromatic carbocycles. The van der Waals surface area contributed by atoms with E-state index in [9.17, 15) is 9.59 Å². The van der Waals surface area contributed by atoms with Crippen LogP contribution in [0.1, 0.15) is 22.3 Å². The van der Waals surface area contributed by atoms with Crippen LogP contribution in [0.2, 0.25) is 0 Å². The van der Waals surface area contributed by atoms with Gasteiger partial charge < -0.3 is 4.90 Å². The first-order valence-corrected chi connectivity index (χ1v) is 8.43. The summed E-state index contributed by atoms with van der Waals surface area (Å²) in [5.41, 5.74) is 8.91. The lowest BCUT2D eigenvalue weighted by atomic mass is 10.0. The van der Waals surface area contributed by atoms with Crippen LogP contribution in [0.4, 0.5) is 5.69 Å². The van der Waals surface area contributed by atoms with E-state index in [-0.39, 0.29) is 12.5 Å². The van der Waals surface area contributed by atoms with Crippen LogP contribution in [0, 0.1) is 0 Å². The summed E-state index contributed by atoms with van der Waals surface area (Å²) in [7, 11) is 0. The zero-order chi connectivity index (χ0) is 17.9. The summed E-state index contributed by atoms with van der Waals surface area (Å²) in [6.07, 6.45) is 2.03. The maximum Gasteiger partial charge on any atom is 0.269 e. The number of hydrogen-bond acceptors (Lipinski definition) is 5. The first-order valence-electron chi connectivity index (χ1n) is 8.43. The molecule has 2 heterocycles. The maximum absolute atomic E-state index is 12.2. The van der Waals surface area contributed by atoms with E-state index in [2.05, 4.69) is 32.3 Å². The van der Waals surface area contributed by atoms with Crippen LogP contribution >= 0.6 is 0 Å². The van der Waals surface area contributed by atoms with Crippen LogP contribution in [-0.2, 0) is 11.2 Å². The molecule has 1 aliphatic rings. The molecule has 0 spiro atoms. The van der Waals surface area contributed by atoms with E-state index in [1.807, 2.05) is 23.1 Å². The molecule has 0 unspecified atom stereocenters. The Morgan fingerprint density at radius 3 is 2.85 bits per heavy atom. The Hall–Kier alpha value is -3.42. The molecule has 8 heteroatoms. The number of aryl methyl sites for hydroxylation is 1. The predicted octanol–water partition coefficient (Wildman–Crippen LogP) is 1.17. The van der Waals surface area contributed by atoms with E-state index in [0.717, 1.165) is 25.1 Å². The van der Waals surface area contributed by atoms with Crippen LogP contribution in [0.3, 0.4) is 0 Å². The molecule has 0 atom stereocenters. The number of hydrogen-bond donors (Lipinski definition) is 3. The molecule has 0 radical (unpaired) electrons. The SMILES string of the molecule is O=C(CN1CCCc2ccccc21)NNC(=O)c1ccc2n[nH]nc2c1. The van der Waals surface area contributed by atoms with Gasteiger partial charge in [0.05, 0.1) is 6.54 Å². The number of aromatic amines is 1. The van der Waals surface area contributed by atoms with Gasteiger partial charge in [-0.15, -0.1) is 0 Å². The van der Waals surface area contributed by atoms with E-state index in [0.29, 0.717) is 16.6 Å². The van der Waals surface area contributed by atoms with E-state index in [1.54, 1.807) is 18.2 Å². The molecular weight excluding hydrogens is 332 g/mol. The number of aromatic nitrogens is 3. The van der Waals surface area contributed by atoms with Crippen molar-refractivity contribution in [2.75, 3.05) is 18.0 Å². The van der Waals surface area contributed by atoms with Crippen LogP contribution in [-0.4, -0.2) is 40.3 Å². The van der Waals surface area contributed by atoms with Gasteiger partial charge in [-0.25, -0.2) is 0 Å². The number of nitrogens with one attached hydrogen (secondary N) is 3. The Labute approximate surface area is 149 Å². The molecule has 3 N–H and O–H groups in total. The lowest BCUT2D eigenvalue weighted by Gasteiger charge is -2.30. The standard InChI is InChI=1S/C18H18N6O2/c25-17(11-24-9-3-5-12-4-1-2-6-16(12)24)21-22-18(26)13-7-8-14-15(10-13)20-23-19-14/h1-2,4,6-8,10H,3,5,9,11H2,(H,21,25)(H,22,26)(H,19,20,23). The first-order chi connectivity index (χ1) is 12.7. The minimum atomic E-state index is -0.401. The van der Waals surface area contributed by atoms with Crippen molar-refractivity contribution in [2.45, 2.75) is 12.8 Å². The van der Waals surface area contributed by atoms with Crippen LogP contribution in [0.25, 0.3) is 11.0 Å². The number of carbonyl (C=O) groups excluding carboxylic acids is 2. The minimum absolute atomic E-state index is 0.194. The lowest BCUT2D eigenvalue weighted by Crippen LogP contribution is -2.47. The van der Waals surface area contributed by atoms with Crippen molar-refractivity contribution in [1.82, 2.24) is 26.3 Å². The van der Waals surface area contributed by atoms with Crippen LogP contribution in [0.5, 0.6) is 0 Å². The summed E-state index contributed by atoms with van der Waals surface area (Å²) >= 11 is 0. The molecule has 8 nitrogen and oxygen atoms in total. The summed E-state index contributed by atoms with van der Waals surface area (Å²) in [5.74, 6) is -0.667. The molecule has 0 fully saturated rings. The molecular formula is C18H18N6O2. The highest BCUT2D eigenvalue weighted by Gasteiger charge is 2.19. The quantitative estimate of drug-likeness (QED) is 0.615. The van der Waals surface area contributed by atoms with Gasteiger partial charge in [0.25, 0.3) is 11.8 Å². The Morgan fingerprint density at radius 2 is 1.92 bits per heavy atom. The molecule has 0 saturated carbocycles. The molecule has 26 heavy (non-hydrogen) atoms. The fourth-order valence-electron chi connectivity index (χ4n) is 3.17. The zero-order valence-electron chi connectivity index (χ0n) is 14.0. The van der Waals surface area contributed by atoms with Gasteiger partial charge in [0.2, 0.25) is 0 Å². The highest BCUT2D eigenvalue weighted by Crippen LogP contribution is 2.26. The Bertz CT molecular complexity index is 967. The van der Waals surface area contributed by atoms with E-state index < -0.39 is 5.91 Å². The summed E-state index contributed by atoms with van der Waals surface area (Å²) in [5, 5.41) is 10.4. The fourth-order valence-corrected chi connectivity index (χ4v) is 3.17. The van der Waals surface area contributed by atoms with Crippen molar-refractivity contribution in [2.24, 2.45) is 0 Å². The Balaban J connectivity index is 1.36. The molecule has 4 rings (SSSR count). The first kappa shape index (κ1) is 16.1. The second-order valence-electron chi connectivity index (χ2n) is 6.18. The van der Waals surface area contributed by atoms with E-state index in [4.69, 9.17) is 0 Å². The minimum Gasteiger partial charge on any atom is -0.362 e. The van der Waals surface area contributed by atoms with E-state index in [1.165, 1.54) is 5.56 Å². The van der Waals surface area contributed by atoms with Crippen LogP contribution < -0.4 is 15.8 Å². The number of anilines is 1. The van der Waals surface area contributed by atoms with Gasteiger partial charge in [0.1, 0.15) is 11.0 Å². The molecule has 2 amide bonds. The Kier molecular flexibility index (Phi) is 4.22. The monoisotopic (exact) mass is 350 g/mol. The van der Waals surface area contributed by atoms with Gasteiger partial charge in [-0.2, -0.15) is 15.4 Å². The van der Waals surface area contributed by atoms with Crippen molar-refractivity contribution < 1.29 is 9.59 Å². The third-order valence-electron chi connectivity index (χ3n) is 4.43. The van der Waals surface area contributed by atoms with Gasteiger partial charge in [0, 0.05) is 17.8 Å². The van der Waals surface area contributed by atoms with Crippen molar-refractivity contribution in [3.8, 4) is 0 Å². The van der Waals surface area contributed by atoms with Gasteiger partial charge in [-0.1, -0.05) is 18.2 Å². The van der Waals surface area contributed by atoms with Crippen molar-refractivity contribution in [3.63, 3.8) is 0 Å². The van der Waals surface area contributed by atoms with Gasteiger partial charge in [0.15, 0.2) is 0 Å². The molecule has 3 aromatic rings. The fraction of sp³-hybridized carbons (Fsp3) is 0.222. The number of hydrazine groups is 1. The number of fused-ring (bicyclic) bond motifs is 2. The molecule has 1 aromatic heterocycles. The topological polar surface area (TPSA) is 103 Å². The van der Waals surface area contributed by atoms with Crippen molar-refractivity contribution >= 4 is 28.5 Å². The average Bonchev–Trinajstić information content (AvgIpc) is 3.14. The summed E-state index contributed by atoms with van der Waals surface area (Å²) in [4.78, 5) is 26.5. The lowest BCUT2D eigenvalue weighted by molar-refractivity contribution is -0.120. The third-order valence-corrected chi connectivity index (χ3v) is 4.43. The Morgan fingerprint density at radius 1 is 1.08 bits per heavy atom. The molecule has 0 saturated heterocycles. The third kappa shape index (κ3) is 3.21. The van der Waals surface area contributed by atoms with Crippen molar-refractivity contribution in [1.29, 1.82) is 0 Å². The number of nitrogens with zero attached hydrogens (tertiary/aromatic N) is 3. The summed E-state index contributed by atoms with van der Waals surface area (Å²) in [6, 6.07) is 13.0. The smallest absolute Gasteiger partial charge is 0.269 e. The van der Waals surface area contributed by atoms with Gasteiger partial charge in [-0.05, 0) is 42.7 Å². The number of para-hydroxylation sites is 1. The number of H-pyrrole nitrogens is 1. The second kappa shape index (κ2) is 6.83. The number of amides is 2.